The fourth-order valence-electron chi connectivity index (χ4n) is 2.13. The highest BCUT2D eigenvalue weighted by Gasteiger charge is 2.13. The summed E-state index contributed by atoms with van der Waals surface area (Å²) >= 11 is 5.98. The van der Waals surface area contributed by atoms with Crippen LogP contribution in [0.3, 0.4) is 0 Å². The Balaban J connectivity index is 1.89. The lowest BCUT2D eigenvalue weighted by Gasteiger charge is -2.14. The number of rotatable bonds is 3. The van der Waals surface area contributed by atoms with E-state index < -0.39 is 0 Å². The second-order valence-corrected chi connectivity index (χ2v) is 5.25. The van der Waals surface area contributed by atoms with Crippen LogP contribution in [0.4, 0.5) is 0 Å². The van der Waals surface area contributed by atoms with Crippen LogP contribution in [0, 0.1) is 6.92 Å². The van der Waals surface area contributed by atoms with Crippen molar-refractivity contribution in [2.75, 3.05) is 0 Å². The summed E-state index contributed by atoms with van der Waals surface area (Å²) < 4.78 is 5.96. The van der Waals surface area contributed by atoms with E-state index in [2.05, 4.69) is 9.97 Å². The van der Waals surface area contributed by atoms with E-state index in [0.717, 1.165) is 28.2 Å². The van der Waals surface area contributed by atoms with Crippen molar-refractivity contribution in [2.24, 2.45) is 0 Å². The first-order valence-electron chi connectivity index (χ1n) is 6.51. The van der Waals surface area contributed by atoms with Gasteiger partial charge in [0.25, 0.3) is 0 Å². The van der Waals surface area contributed by atoms with Crippen molar-refractivity contribution in [3.05, 3.63) is 58.9 Å². The molecule has 0 unspecified atom stereocenters. The Bertz CT molecular complexity index is 751. The van der Waals surface area contributed by atoms with Gasteiger partial charge in [-0.1, -0.05) is 29.8 Å². The molecule has 1 atom stereocenters. The van der Waals surface area contributed by atoms with E-state index in [9.17, 15) is 0 Å². The monoisotopic (exact) mass is 286 g/mol. The summed E-state index contributed by atoms with van der Waals surface area (Å²) in [7, 11) is 0. The van der Waals surface area contributed by atoms with Gasteiger partial charge < -0.3 is 9.72 Å². The van der Waals surface area contributed by atoms with Crippen LogP contribution in [0.25, 0.3) is 11.0 Å². The number of H-pyrrole nitrogens is 1. The predicted molar refractivity (Wildman–Crippen MR) is 81.3 cm³/mol. The third-order valence-corrected chi connectivity index (χ3v) is 3.48. The SMILES string of the molecule is Cc1ccccc1O[C@@H](C)c1nc2ccc(Cl)cc2[nH]1. The van der Waals surface area contributed by atoms with Crippen LogP contribution >= 0.6 is 11.6 Å². The number of ether oxygens (including phenoxy) is 1. The van der Waals surface area contributed by atoms with Gasteiger partial charge in [-0.15, -0.1) is 0 Å². The number of halogens is 1. The van der Waals surface area contributed by atoms with Gasteiger partial charge >= 0.3 is 0 Å². The predicted octanol–water partition coefficient (Wildman–Crippen LogP) is 4.66. The lowest BCUT2D eigenvalue weighted by Crippen LogP contribution is -2.05. The first-order valence-corrected chi connectivity index (χ1v) is 6.89. The number of benzene rings is 2. The number of aryl methyl sites for hydroxylation is 1. The van der Waals surface area contributed by atoms with Gasteiger partial charge in [-0.3, -0.25) is 0 Å². The zero-order valence-corrected chi connectivity index (χ0v) is 12.1. The summed E-state index contributed by atoms with van der Waals surface area (Å²) in [6, 6.07) is 13.6. The summed E-state index contributed by atoms with van der Waals surface area (Å²) in [6.07, 6.45) is -0.151. The number of nitrogens with zero attached hydrogens (tertiary/aromatic N) is 1. The Hall–Kier alpha value is -2.00. The summed E-state index contributed by atoms with van der Waals surface area (Å²) in [6.45, 7) is 4.01. The molecule has 4 heteroatoms. The maximum Gasteiger partial charge on any atom is 0.153 e. The van der Waals surface area contributed by atoms with Crippen LogP contribution in [0.15, 0.2) is 42.5 Å². The molecule has 20 heavy (non-hydrogen) atoms. The molecule has 0 aliphatic rings. The highest BCUT2D eigenvalue weighted by Crippen LogP contribution is 2.25. The second-order valence-electron chi connectivity index (χ2n) is 4.81. The molecule has 3 aromatic rings. The summed E-state index contributed by atoms with van der Waals surface area (Å²) in [4.78, 5) is 7.80. The Morgan fingerprint density at radius 2 is 2.00 bits per heavy atom. The van der Waals surface area contributed by atoms with Crippen LogP contribution in [0.2, 0.25) is 5.02 Å². The van der Waals surface area contributed by atoms with Crippen molar-refractivity contribution in [2.45, 2.75) is 20.0 Å². The van der Waals surface area contributed by atoms with Gasteiger partial charge in [0.2, 0.25) is 0 Å². The van der Waals surface area contributed by atoms with Gasteiger partial charge in [0.05, 0.1) is 11.0 Å². The third kappa shape index (κ3) is 2.49. The number of para-hydroxylation sites is 1. The maximum atomic E-state index is 5.98. The zero-order chi connectivity index (χ0) is 14.1. The van der Waals surface area contributed by atoms with E-state index >= 15 is 0 Å². The van der Waals surface area contributed by atoms with Crippen LogP contribution in [0.5, 0.6) is 5.75 Å². The van der Waals surface area contributed by atoms with E-state index in [1.54, 1.807) is 0 Å². The van der Waals surface area contributed by atoms with Crippen molar-refractivity contribution < 1.29 is 4.74 Å². The summed E-state index contributed by atoms with van der Waals surface area (Å²) in [5.74, 6) is 1.67. The molecular weight excluding hydrogens is 272 g/mol. The van der Waals surface area contributed by atoms with Gasteiger partial charge in [-0.2, -0.15) is 0 Å². The van der Waals surface area contributed by atoms with Gasteiger partial charge in [-0.05, 0) is 43.7 Å². The third-order valence-electron chi connectivity index (χ3n) is 3.24. The van der Waals surface area contributed by atoms with Crippen LogP contribution in [0.1, 0.15) is 24.4 Å². The zero-order valence-electron chi connectivity index (χ0n) is 11.4. The van der Waals surface area contributed by atoms with Crippen molar-refractivity contribution in [1.29, 1.82) is 0 Å². The van der Waals surface area contributed by atoms with Crippen LogP contribution in [-0.2, 0) is 0 Å². The molecule has 0 aliphatic heterocycles. The minimum atomic E-state index is -0.151. The number of nitrogens with one attached hydrogen (secondary N) is 1. The lowest BCUT2D eigenvalue weighted by atomic mass is 10.2. The molecule has 0 radical (unpaired) electrons. The van der Waals surface area contributed by atoms with Crippen LogP contribution < -0.4 is 4.74 Å². The number of imidazole rings is 1. The number of hydrogen-bond acceptors (Lipinski definition) is 2. The molecular formula is C16H15ClN2O. The Kier molecular flexibility index (Phi) is 3.36. The van der Waals surface area contributed by atoms with E-state index in [-0.39, 0.29) is 6.10 Å². The standard InChI is InChI=1S/C16H15ClN2O/c1-10-5-3-4-6-15(10)20-11(2)16-18-13-8-7-12(17)9-14(13)19-16/h3-9,11H,1-2H3,(H,18,19)/t11-/m0/s1. The minimum Gasteiger partial charge on any atom is -0.483 e. The lowest BCUT2D eigenvalue weighted by molar-refractivity contribution is 0.216. The molecule has 1 N–H and O–H groups in total. The summed E-state index contributed by atoms with van der Waals surface area (Å²) in [5.41, 5.74) is 2.93. The average Bonchev–Trinajstić information content (AvgIpc) is 2.84. The molecule has 0 bridgehead atoms. The first-order chi connectivity index (χ1) is 9.63. The first kappa shape index (κ1) is 13.0. The highest BCUT2D eigenvalue weighted by atomic mass is 35.5. The van der Waals surface area contributed by atoms with Gasteiger partial charge in [-0.25, -0.2) is 4.98 Å². The topological polar surface area (TPSA) is 37.9 Å². The van der Waals surface area contributed by atoms with E-state index in [4.69, 9.17) is 16.3 Å². The van der Waals surface area contributed by atoms with E-state index in [0.29, 0.717) is 5.02 Å². The van der Waals surface area contributed by atoms with E-state index in [1.807, 2.05) is 56.3 Å². The molecule has 0 aliphatic carbocycles. The number of aromatic nitrogens is 2. The smallest absolute Gasteiger partial charge is 0.153 e. The molecule has 3 nitrogen and oxygen atoms in total. The molecule has 0 saturated carbocycles. The molecule has 0 spiro atoms. The second kappa shape index (κ2) is 5.17. The highest BCUT2D eigenvalue weighted by molar-refractivity contribution is 6.31. The normalized spacial score (nSPS) is 12.6. The molecule has 0 fully saturated rings. The Morgan fingerprint density at radius 1 is 1.20 bits per heavy atom. The Morgan fingerprint density at radius 3 is 2.80 bits per heavy atom. The van der Waals surface area contributed by atoms with Gasteiger partial charge in [0.15, 0.2) is 6.10 Å². The largest absolute Gasteiger partial charge is 0.483 e. The molecule has 0 amide bonds. The van der Waals surface area contributed by atoms with Crippen molar-refractivity contribution >= 4 is 22.6 Å². The van der Waals surface area contributed by atoms with Crippen molar-refractivity contribution in [3.8, 4) is 5.75 Å². The van der Waals surface area contributed by atoms with Crippen molar-refractivity contribution in [1.82, 2.24) is 9.97 Å². The molecule has 0 saturated heterocycles. The van der Waals surface area contributed by atoms with Crippen molar-refractivity contribution in [3.63, 3.8) is 0 Å². The molecule has 2 aromatic carbocycles. The minimum absolute atomic E-state index is 0.151. The molecule has 1 aromatic heterocycles. The van der Waals surface area contributed by atoms with Gasteiger partial charge in [0, 0.05) is 5.02 Å². The number of hydrogen-bond donors (Lipinski definition) is 1. The summed E-state index contributed by atoms with van der Waals surface area (Å²) in [5, 5.41) is 0.695. The molecule has 1 heterocycles. The van der Waals surface area contributed by atoms with E-state index in [1.165, 1.54) is 0 Å². The fraction of sp³-hybridized carbons (Fsp3) is 0.188. The van der Waals surface area contributed by atoms with Crippen LogP contribution in [-0.4, -0.2) is 9.97 Å². The fourth-order valence-corrected chi connectivity index (χ4v) is 2.30. The Labute approximate surface area is 122 Å². The molecule has 102 valence electrons. The number of fused-ring (bicyclic) bond motifs is 1. The number of aromatic amines is 1. The van der Waals surface area contributed by atoms with Gasteiger partial charge in [0.1, 0.15) is 11.6 Å². The maximum absolute atomic E-state index is 5.98. The quantitative estimate of drug-likeness (QED) is 0.760. The average molecular weight is 287 g/mol. The molecule has 3 rings (SSSR count).